The fourth-order valence-electron chi connectivity index (χ4n) is 2.68. The van der Waals surface area contributed by atoms with Gasteiger partial charge in [-0.3, -0.25) is 0 Å². The van der Waals surface area contributed by atoms with Gasteiger partial charge >= 0.3 is 0 Å². The number of ether oxygens (including phenoxy) is 1. The number of hydrogen-bond donors (Lipinski definition) is 2. The van der Waals surface area contributed by atoms with E-state index in [9.17, 15) is 0 Å². The van der Waals surface area contributed by atoms with E-state index in [4.69, 9.17) is 22.1 Å². The van der Waals surface area contributed by atoms with E-state index in [1.807, 2.05) is 30.3 Å². The van der Waals surface area contributed by atoms with Crippen molar-refractivity contribution in [1.82, 2.24) is 4.98 Å². The van der Waals surface area contributed by atoms with E-state index in [1.165, 1.54) is 5.56 Å². The Hall–Kier alpha value is -1.94. The Labute approximate surface area is 129 Å². The number of alkyl halides is 1. The van der Waals surface area contributed by atoms with E-state index in [1.54, 1.807) is 0 Å². The number of rotatable bonds is 4. The van der Waals surface area contributed by atoms with Gasteiger partial charge in [0.05, 0.1) is 11.7 Å². The van der Waals surface area contributed by atoms with Crippen LogP contribution in [0.4, 0.5) is 11.4 Å². The number of benzene rings is 1. The highest BCUT2D eigenvalue weighted by Crippen LogP contribution is 2.38. The molecule has 0 bridgehead atoms. The molecular formula is C16H18ClN3O. The molecule has 110 valence electrons. The van der Waals surface area contributed by atoms with E-state index < -0.39 is 0 Å². The van der Waals surface area contributed by atoms with Crippen molar-refractivity contribution in [3.05, 3.63) is 41.6 Å². The molecule has 2 aromatic rings. The first kappa shape index (κ1) is 14.0. The smallest absolute Gasteiger partial charge is 0.245 e. The Morgan fingerprint density at radius 2 is 1.95 bits per heavy atom. The lowest BCUT2D eigenvalue weighted by atomic mass is 9.94. The van der Waals surface area contributed by atoms with Crippen LogP contribution < -0.4 is 15.8 Å². The average molecular weight is 304 g/mol. The molecule has 0 unspecified atom stereocenters. The zero-order chi connectivity index (χ0) is 14.7. The predicted octanol–water partition coefficient (Wildman–Crippen LogP) is 3.94. The van der Waals surface area contributed by atoms with E-state index in [2.05, 4.69) is 10.3 Å². The molecular weight excluding hydrogens is 286 g/mol. The first-order chi connectivity index (χ1) is 10.3. The molecule has 0 atom stereocenters. The molecule has 0 saturated heterocycles. The van der Waals surface area contributed by atoms with Crippen molar-refractivity contribution in [3.63, 3.8) is 0 Å². The summed E-state index contributed by atoms with van der Waals surface area (Å²) in [5.41, 5.74) is 9.88. The van der Waals surface area contributed by atoms with Crippen LogP contribution in [0.25, 0.3) is 0 Å². The van der Waals surface area contributed by atoms with Crippen LogP contribution in [0, 0.1) is 0 Å². The van der Waals surface area contributed by atoms with Gasteiger partial charge in [-0.15, -0.1) is 11.6 Å². The Balaban J connectivity index is 2.02. The summed E-state index contributed by atoms with van der Waals surface area (Å²) in [6.45, 7) is 0. The van der Waals surface area contributed by atoms with Crippen LogP contribution in [0.1, 0.15) is 24.1 Å². The predicted molar refractivity (Wildman–Crippen MR) is 86.2 cm³/mol. The summed E-state index contributed by atoms with van der Waals surface area (Å²) in [6, 6.07) is 9.86. The van der Waals surface area contributed by atoms with Gasteiger partial charge in [0.1, 0.15) is 11.4 Å². The molecule has 5 heteroatoms. The molecule has 4 nitrogen and oxygen atoms in total. The summed E-state index contributed by atoms with van der Waals surface area (Å²) in [7, 11) is 0. The molecule has 0 radical (unpaired) electrons. The molecule has 1 aromatic heterocycles. The number of halogens is 1. The second kappa shape index (κ2) is 6.22. The molecule has 3 rings (SSSR count). The summed E-state index contributed by atoms with van der Waals surface area (Å²) in [5, 5.41) is 3.15. The maximum absolute atomic E-state index is 6.23. The maximum atomic E-state index is 6.23. The number of pyridine rings is 1. The fraction of sp³-hybridized carbons (Fsp3) is 0.312. The Morgan fingerprint density at radius 1 is 1.19 bits per heavy atom. The normalized spacial score (nSPS) is 13.6. The van der Waals surface area contributed by atoms with Crippen LogP contribution >= 0.6 is 11.6 Å². The highest BCUT2D eigenvalue weighted by atomic mass is 35.5. The third kappa shape index (κ3) is 2.90. The zero-order valence-electron chi connectivity index (χ0n) is 11.7. The second-order valence-corrected chi connectivity index (χ2v) is 5.33. The number of hydrogen-bond acceptors (Lipinski definition) is 4. The number of para-hydroxylation sites is 1. The van der Waals surface area contributed by atoms with Gasteiger partial charge in [-0.05, 0) is 43.4 Å². The molecule has 1 aliphatic carbocycles. The summed E-state index contributed by atoms with van der Waals surface area (Å²) >= 11 is 5.84. The first-order valence-electron chi connectivity index (χ1n) is 7.13. The number of nitrogen functional groups attached to an aromatic ring is 1. The van der Waals surface area contributed by atoms with Crippen molar-refractivity contribution < 1.29 is 4.74 Å². The van der Waals surface area contributed by atoms with Gasteiger partial charge in [-0.25, -0.2) is 4.98 Å². The Morgan fingerprint density at radius 3 is 2.71 bits per heavy atom. The molecule has 3 N–H and O–H groups in total. The lowest BCUT2D eigenvalue weighted by molar-refractivity contribution is 0.461. The van der Waals surface area contributed by atoms with E-state index in [-0.39, 0.29) is 0 Å². The topological polar surface area (TPSA) is 60.2 Å². The van der Waals surface area contributed by atoms with Crippen molar-refractivity contribution in [2.45, 2.75) is 25.7 Å². The van der Waals surface area contributed by atoms with Crippen molar-refractivity contribution in [2.75, 3.05) is 17.1 Å². The quantitative estimate of drug-likeness (QED) is 0.663. The molecule has 0 amide bonds. The van der Waals surface area contributed by atoms with Gasteiger partial charge in [0, 0.05) is 5.69 Å². The summed E-state index contributed by atoms with van der Waals surface area (Å²) < 4.78 is 5.84. The minimum Gasteiger partial charge on any atom is -0.437 e. The molecule has 0 fully saturated rings. The minimum absolute atomic E-state index is 0.311. The van der Waals surface area contributed by atoms with Crippen LogP contribution in [0.3, 0.4) is 0 Å². The molecule has 0 spiro atoms. The lowest BCUT2D eigenvalue weighted by Crippen LogP contribution is -2.13. The van der Waals surface area contributed by atoms with Gasteiger partial charge in [0.2, 0.25) is 5.88 Å². The summed E-state index contributed by atoms with van der Waals surface area (Å²) in [6.07, 6.45) is 4.24. The van der Waals surface area contributed by atoms with Crippen LogP contribution in [0.2, 0.25) is 0 Å². The van der Waals surface area contributed by atoms with Crippen LogP contribution in [0.5, 0.6) is 11.6 Å². The van der Waals surface area contributed by atoms with E-state index >= 15 is 0 Å². The standard InChI is InChI=1S/C16H18ClN3O/c17-10-19-15-12-8-4-5-9-13(12)20-16(14(15)18)21-11-6-2-1-3-7-11/h1-3,6-7H,4-5,8-10,18H2,(H,19,20). The SMILES string of the molecule is Nc1c(Oc2ccccc2)nc2c(c1NCCl)CCCC2. The van der Waals surface area contributed by atoms with Gasteiger partial charge < -0.3 is 15.8 Å². The fourth-order valence-corrected chi connectivity index (χ4v) is 2.81. The number of nitrogens with one attached hydrogen (secondary N) is 1. The zero-order valence-corrected chi connectivity index (χ0v) is 12.5. The number of aromatic nitrogens is 1. The van der Waals surface area contributed by atoms with Crippen LogP contribution in [-0.4, -0.2) is 11.0 Å². The lowest BCUT2D eigenvalue weighted by Gasteiger charge is -2.22. The summed E-state index contributed by atoms with van der Waals surface area (Å²) in [5.74, 6) is 1.18. The van der Waals surface area contributed by atoms with Crippen molar-refractivity contribution >= 4 is 23.0 Å². The van der Waals surface area contributed by atoms with Crippen LogP contribution in [0.15, 0.2) is 30.3 Å². The third-order valence-corrected chi connectivity index (χ3v) is 3.81. The summed E-state index contributed by atoms with van der Waals surface area (Å²) in [4.78, 5) is 4.62. The monoisotopic (exact) mass is 303 g/mol. The molecule has 0 aliphatic heterocycles. The largest absolute Gasteiger partial charge is 0.437 e. The van der Waals surface area contributed by atoms with Gasteiger partial charge in [-0.1, -0.05) is 18.2 Å². The van der Waals surface area contributed by atoms with Gasteiger partial charge in [-0.2, -0.15) is 0 Å². The van der Waals surface area contributed by atoms with E-state index in [0.29, 0.717) is 17.6 Å². The minimum atomic E-state index is 0.311. The molecule has 0 saturated carbocycles. The molecule has 1 aromatic carbocycles. The number of aryl methyl sites for hydroxylation is 1. The van der Waals surface area contributed by atoms with Gasteiger partial charge in [0.15, 0.2) is 0 Å². The number of anilines is 2. The van der Waals surface area contributed by atoms with Crippen molar-refractivity contribution in [3.8, 4) is 11.6 Å². The first-order valence-corrected chi connectivity index (χ1v) is 7.67. The highest BCUT2D eigenvalue weighted by molar-refractivity contribution is 6.19. The molecule has 1 heterocycles. The third-order valence-electron chi connectivity index (χ3n) is 3.68. The van der Waals surface area contributed by atoms with E-state index in [0.717, 1.165) is 42.8 Å². The van der Waals surface area contributed by atoms with Gasteiger partial charge in [0.25, 0.3) is 0 Å². The van der Waals surface area contributed by atoms with Crippen LogP contribution in [-0.2, 0) is 12.8 Å². The number of nitrogens with zero attached hydrogens (tertiary/aromatic N) is 1. The number of nitrogens with two attached hydrogens (primary N) is 1. The van der Waals surface area contributed by atoms with Crippen molar-refractivity contribution in [2.24, 2.45) is 0 Å². The number of fused-ring (bicyclic) bond motifs is 1. The Kier molecular flexibility index (Phi) is 4.15. The Bertz CT molecular complexity index is 631. The molecule has 1 aliphatic rings. The second-order valence-electron chi connectivity index (χ2n) is 5.06. The van der Waals surface area contributed by atoms with Crippen molar-refractivity contribution in [1.29, 1.82) is 0 Å². The average Bonchev–Trinajstić information content (AvgIpc) is 2.52. The molecule has 21 heavy (non-hydrogen) atoms. The highest BCUT2D eigenvalue weighted by Gasteiger charge is 2.21. The maximum Gasteiger partial charge on any atom is 0.245 e.